The molecule has 8 nitrogen and oxygen atoms in total. The maximum Gasteiger partial charge on any atom is 0.337 e. The smallest absolute Gasteiger partial charge is 0.337 e. The van der Waals surface area contributed by atoms with Crippen LogP contribution >= 0.6 is 0 Å². The van der Waals surface area contributed by atoms with E-state index in [0.717, 1.165) is 22.3 Å². The van der Waals surface area contributed by atoms with Crippen LogP contribution in [0.1, 0.15) is 21.5 Å². The van der Waals surface area contributed by atoms with Crippen LogP contribution in [0.4, 0.5) is 5.69 Å². The Morgan fingerprint density at radius 1 is 1.03 bits per heavy atom. The number of aromatic hydroxyl groups is 1. The Labute approximate surface area is 195 Å². The first-order chi connectivity index (χ1) is 16.5. The topological polar surface area (TPSA) is 105 Å². The first-order valence-corrected chi connectivity index (χ1v) is 10.6. The number of benzene rings is 2. The number of aliphatic imine (C=N–C) groups is 1. The fourth-order valence-corrected chi connectivity index (χ4v) is 3.90. The maximum atomic E-state index is 11.9. The standard InChI is InChI=1S/C26H21N5O3/c1-31-14-13-28-24(31)17-3-6-19(7-4-17)29-23(16-9-11-27-12-10-16)22-20-8-5-18(26(33)34-2)15-21(20)30-25(22)32/h3-15,30,32H,1-2H3. The van der Waals surface area contributed by atoms with E-state index in [1.54, 1.807) is 36.8 Å². The largest absolute Gasteiger partial charge is 0.494 e. The number of hydrogen-bond acceptors (Lipinski definition) is 6. The second-order valence-corrected chi connectivity index (χ2v) is 7.71. The fraction of sp³-hybridized carbons (Fsp3) is 0.0769. The van der Waals surface area contributed by atoms with Crippen LogP contribution < -0.4 is 0 Å². The minimum Gasteiger partial charge on any atom is -0.494 e. The summed E-state index contributed by atoms with van der Waals surface area (Å²) in [4.78, 5) is 28.3. The summed E-state index contributed by atoms with van der Waals surface area (Å²) in [5, 5.41) is 11.6. The molecule has 5 rings (SSSR count). The van der Waals surface area contributed by atoms with Crippen LogP contribution in [-0.2, 0) is 11.8 Å². The van der Waals surface area contributed by atoms with Crippen molar-refractivity contribution in [3.05, 3.63) is 96.1 Å². The van der Waals surface area contributed by atoms with Crippen LogP contribution in [-0.4, -0.2) is 43.4 Å². The van der Waals surface area contributed by atoms with Crippen LogP contribution in [0, 0.1) is 0 Å². The number of ether oxygens (including phenoxy) is 1. The number of H-pyrrole nitrogens is 1. The van der Waals surface area contributed by atoms with E-state index < -0.39 is 5.97 Å². The second-order valence-electron chi connectivity index (χ2n) is 7.71. The number of aryl methyl sites for hydroxylation is 1. The molecule has 0 radical (unpaired) electrons. The third-order valence-electron chi connectivity index (χ3n) is 5.58. The normalized spacial score (nSPS) is 11.6. The van der Waals surface area contributed by atoms with Gasteiger partial charge in [0.2, 0.25) is 0 Å². The monoisotopic (exact) mass is 451 g/mol. The highest BCUT2D eigenvalue weighted by atomic mass is 16.5. The van der Waals surface area contributed by atoms with Gasteiger partial charge in [0.15, 0.2) is 5.88 Å². The van der Waals surface area contributed by atoms with Gasteiger partial charge in [0.25, 0.3) is 0 Å². The van der Waals surface area contributed by atoms with Crippen LogP contribution in [0.5, 0.6) is 5.88 Å². The van der Waals surface area contributed by atoms with Crippen molar-refractivity contribution in [1.82, 2.24) is 19.5 Å². The summed E-state index contributed by atoms with van der Waals surface area (Å²) in [5.74, 6) is 0.367. The van der Waals surface area contributed by atoms with Gasteiger partial charge in [-0.15, -0.1) is 0 Å². The van der Waals surface area contributed by atoms with Crippen molar-refractivity contribution >= 4 is 28.3 Å². The molecule has 0 bridgehead atoms. The van der Waals surface area contributed by atoms with Crippen molar-refractivity contribution in [3.63, 3.8) is 0 Å². The molecule has 0 fully saturated rings. The van der Waals surface area contributed by atoms with Gasteiger partial charge in [-0.1, -0.05) is 6.07 Å². The molecule has 5 aromatic rings. The highest BCUT2D eigenvalue weighted by molar-refractivity contribution is 6.22. The summed E-state index contributed by atoms with van der Waals surface area (Å²) < 4.78 is 6.76. The number of aromatic nitrogens is 4. The number of imidazole rings is 1. The van der Waals surface area contributed by atoms with Crippen molar-refractivity contribution in [3.8, 4) is 17.3 Å². The first kappa shape index (κ1) is 21.1. The first-order valence-electron chi connectivity index (χ1n) is 10.6. The SMILES string of the molecule is COC(=O)c1ccc2c(C(=Nc3ccc(-c4nccn4C)cc3)c3ccncc3)c(O)[nH]c2c1. The van der Waals surface area contributed by atoms with Gasteiger partial charge in [0.05, 0.1) is 29.6 Å². The summed E-state index contributed by atoms with van der Waals surface area (Å²) in [6.07, 6.45) is 7.01. The molecule has 2 N–H and O–H groups in total. The third kappa shape index (κ3) is 3.81. The molecule has 0 saturated carbocycles. The van der Waals surface area contributed by atoms with Gasteiger partial charge in [-0.05, 0) is 48.5 Å². The minimum atomic E-state index is -0.451. The second kappa shape index (κ2) is 8.67. The third-order valence-corrected chi connectivity index (χ3v) is 5.58. The molecular weight excluding hydrogens is 430 g/mol. The van der Waals surface area contributed by atoms with Gasteiger partial charge < -0.3 is 19.4 Å². The molecule has 0 atom stereocenters. The van der Waals surface area contributed by atoms with Crippen molar-refractivity contribution in [2.75, 3.05) is 7.11 Å². The van der Waals surface area contributed by atoms with E-state index in [9.17, 15) is 9.90 Å². The molecular formula is C26H21N5O3. The zero-order valence-corrected chi connectivity index (χ0v) is 18.6. The molecule has 0 aliphatic rings. The number of aromatic amines is 1. The molecule has 3 aromatic heterocycles. The van der Waals surface area contributed by atoms with Gasteiger partial charge in [0, 0.05) is 53.9 Å². The van der Waals surface area contributed by atoms with Gasteiger partial charge in [0.1, 0.15) is 5.82 Å². The summed E-state index contributed by atoms with van der Waals surface area (Å²) >= 11 is 0. The number of esters is 1. The van der Waals surface area contributed by atoms with Crippen molar-refractivity contribution < 1.29 is 14.6 Å². The highest BCUT2D eigenvalue weighted by Crippen LogP contribution is 2.32. The Morgan fingerprint density at radius 3 is 2.47 bits per heavy atom. The number of fused-ring (bicyclic) bond motifs is 1. The summed E-state index contributed by atoms with van der Waals surface area (Å²) in [6.45, 7) is 0. The lowest BCUT2D eigenvalue weighted by molar-refractivity contribution is 0.0601. The molecule has 0 unspecified atom stereocenters. The maximum absolute atomic E-state index is 11.9. The lowest BCUT2D eigenvalue weighted by atomic mass is 10.0. The number of hydrogen-bond donors (Lipinski definition) is 2. The number of nitrogens with one attached hydrogen (secondary N) is 1. The van der Waals surface area contributed by atoms with E-state index in [0.29, 0.717) is 28.0 Å². The average Bonchev–Trinajstić information content (AvgIpc) is 3.44. The number of methoxy groups -OCH3 is 1. The zero-order chi connectivity index (χ0) is 23.7. The molecule has 3 heterocycles. The molecule has 0 spiro atoms. The molecule has 0 aliphatic carbocycles. The molecule has 168 valence electrons. The number of pyridine rings is 1. The number of carbonyl (C=O) groups excluding carboxylic acids is 1. The van der Waals surface area contributed by atoms with Gasteiger partial charge >= 0.3 is 5.97 Å². The summed E-state index contributed by atoms with van der Waals surface area (Å²) in [7, 11) is 3.28. The molecule has 34 heavy (non-hydrogen) atoms. The summed E-state index contributed by atoms with van der Waals surface area (Å²) in [5.41, 5.74) is 4.56. The Hall–Kier alpha value is -4.72. The van der Waals surface area contributed by atoms with E-state index >= 15 is 0 Å². The Morgan fingerprint density at radius 2 is 1.79 bits per heavy atom. The average molecular weight is 451 g/mol. The fourth-order valence-electron chi connectivity index (χ4n) is 3.90. The molecule has 0 aliphatic heterocycles. The quantitative estimate of drug-likeness (QED) is 0.300. The van der Waals surface area contributed by atoms with E-state index in [2.05, 4.69) is 15.0 Å². The predicted molar refractivity (Wildman–Crippen MR) is 129 cm³/mol. The Kier molecular flexibility index (Phi) is 5.39. The molecule has 8 heteroatoms. The lowest BCUT2D eigenvalue weighted by Crippen LogP contribution is -2.03. The Balaban J connectivity index is 1.64. The number of rotatable bonds is 5. The van der Waals surface area contributed by atoms with Gasteiger partial charge in [-0.2, -0.15) is 0 Å². The van der Waals surface area contributed by atoms with E-state index in [1.165, 1.54) is 7.11 Å². The zero-order valence-electron chi connectivity index (χ0n) is 18.6. The molecule has 2 aromatic carbocycles. The predicted octanol–water partition coefficient (Wildman–Crippen LogP) is 4.62. The van der Waals surface area contributed by atoms with Crippen molar-refractivity contribution in [2.24, 2.45) is 12.0 Å². The van der Waals surface area contributed by atoms with E-state index in [1.807, 2.05) is 54.2 Å². The van der Waals surface area contributed by atoms with Gasteiger partial charge in [-0.3, -0.25) is 4.98 Å². The van der Waals surface area contributed by atoms with Gasteiger partial charge in [-0.25, -0.2) is 14.8 Å². The number of nitrogens with zero attached hydrogens (tertiary/aromatic N) is 4. The molecule has 0 saturated heterocycles. The van der Waals surface area contributed by atoms with Crippen LogP contribution in [0.25, 0.3) is 22.3 Å². The van der Waals surface area contributed by atoms with Crippen LogP contribution in [0.15, 0.2) is 84.4 Å². The minimum absolute atomic E-state index is 0.0443. The lowest BCUT2D eigenvalue weighted by Gasteiger charge is -2.08. The molecule has 0 amide bonds. The highest BCUT2D eigenvalue weighted by Gasteiger charge is 2.20. The van der Waals surface area contributed by atoms with E-state index in [-0.39, 0.29) is 5.88 Å². The Bertz CT molecular complexity index is 1520. The van der Waals surface area contributed by atoms with Crippen LogP contribution in [0.2, 0.25) is 0 Å². The van der Waals surface area contributed by atoms with Crippen molar-refractivity contribution in [2.45, 2.75) is 0 Å². The number of carbonyl (C=O) groups is 1. The van der Waals surface area contributed by atoms with Crippen LogP contribution in [0.3, 0.4) is 0 Å². The summed E-state index contributed by atoms with van der Waals surface area (Å²) in [6, 6.07) is 16.5. The van der Waals surface area contributed by atoms with E-state index in [4.69, 9.17) is 9.73 Å². The van der Waals surface area contributed by atoms with Crippen molar-refractivity contribution in [1.29, 1.82) is 0 Å².